The first-order chi connectivity index (χ1) is 13.2. The van der Waals surface area contributed by atoms with E-state index in [1.807, 2.05) is 45.2 Å². The number of benzene rings is 1. The van der Waals surface area contributed by atoms with Crippen LogP contribution in [0.5, 0.6) is 0 Å². The number of allylic oxidation sites excluding steroid dienone is 3. The zero-order chi connectivity index (χ0) is 20.6. The van der Waals surface area contributed by atoms with Crippen LogP contribution in [-0.2, 0) is 9.59 Å². The largest absolute Gasteiger partial charge is 0.388 e. The van der Waals surface area contributed by atoms with Gasteiger partial charge in [0.15, 0.2) is 5.78 Å². The smallest absolute Gasteiger partial charge is 0.235 e. The molecule has 0 bridgehead atoms. The number of carbonyl (C=O) groups is 2. The van der Waals surface area contributed by atoms with Crippen LogP contribution < -0.4 is 16.5 Å². The topological polar surface area (TPSA) is 111 Å². The molecule has 28 heavy (non-hydrogen) atoms. The molecular weight excluding hydrogens is 354 g/mol. The Kier molecular flexibility index (Phi) is 4.90. The molecule has 1 atom stereocenters. The average Bonchev–Trinajstić information content (AvgIpc) is 2.62. The van der Waals surface area contributed by atoms with Gasteiger partial charge in [0.1, 0.15) is 5.82 Å². The third-order valence-corrected chi connectivity index (χ3v) is 5.18. The Hall–Kier alpha value is -3.27. The van der Waals surface area contributed by atoms with E-state index in [0.29, 0.717) is 24.1 Å². The molecule has 0 saturated heterocycles. The first kappa shape index (κ1) is 19.5. The Bertz CT molecular complexity index is 935. The van der Waals surface area contributed by atoms with Gasteiger partial charge in [-0.15, -0.1) is 0 Å². The van der Waals surface area contributed by atoms with E-state index in [1.54, 1.807) is 0 Å². The first-order valence-corrected chi connectivity index (χ1v) is 9.19. The molecule has 0 fully saturated rings. The number of hydrazine groups is 1. The van der Waals surface area contributed by atoms with E-state index in [9.17, 15) is 14.9 Å². The van der Waals surface area contributed by atoms with Crippen LogP contribution in [0.3, 0.4) is 0 Å². The van der Waals surface area contributed by atoms with Crippen LogP contribution in [0.1, 0.15) is 45.1 Å². The lowest BCUT2D eigenvalue weighted by Gasteiger charge is -2.43. The van der Waals surface area contributed by atoms with Crippen LogP contribution in [0.15, 0.2) is 46.9 Å². The van der Waals surface area contributed by atoms with Gasteiger partial charge in [0.05, 0.1) is 23.3 Å². The Morgan fingerprint density at radius 1 is 1.29 bits per heavy atom. The van der Waals surface area contributed by atoms with Crippen molar-refractivity contribution >= 4 is 17.4 Å². The zero-order valence-corrected chi connectivity index (χ0v) is 16.6. The summed E-state index contributed by atoms with van der Waals surface area (Å²) in [7, 11) is 1.83. The molecule has 0 aromatic heterocycles. The fraction of sp³-hybridized carbons (Fsp3) is 0.381. The van der Waals surface area contributed by atoms with Crippen molar-refractivity contribution in [2.75, 3.05) is 12.4 Å². The van der Waals surface area contributed by atoms with Crippen molar-refractivity contribution in [1.29, 1.82) is 5.26 Å². The van der Waals surface area contributed by atoms with Crippen LogP contribution in [0.4, 0.5) is 5.69 Å². The summed E-state index contributed by atoms with van der Waals surface area (Å²) in [6, 6.07) is 9.76. The fourth-order valence-electron chi connectivity index (χ4n) is 3.97. The normalized spacial score (nSPS) is 21.2. The van der Waals surface area contributed by atoms with Gasteiger partial charge >= 0.3 is 0 Å². The standard InChI is InChI=1S/C21H25N5O2/c1-12(27)25-26-16-9-21(2,3)10-17(28)19(16)18(15(11-22)20(26)23)13-5-7-14(24-4)8-6-13/h5-8,18,24H,9-10,23H2,1-4H3,(H,25,27). The molecule has 0 radical (unpaired) electrons. The van der Waals surface area contributed by atoms with Crippen LogP contribution in [0.2, 0.25) is 0 Å². The van der Waals surface area contributed by atoms with Gasteiger partial charge in [-0.3, -0.25) is 15.0 Å². The molecule has 1 aliphatic heterocycles. The fourth-order valence-corrected chi connectivity index (χ4v) is 3.97. The van der Waals surface area contributed by atoms with E-state index < -0.39 is 5.92 Å². The monoisotopic (exact) mass is 379 g/mol. The molecule has 1 aromatic carbocycles. The summed E-state index contributed by atoms with van der Waals surface area (Å²) in [5.41, 5.74) is 11.9. The maximum Gasteiger partial charge on any atom is 0.235 e. The number of ketones is 1. The lowest BCUT2D eigenvalue weighted by Crippen LogP contribution is -2.49. The minimum atomic E-state index is -0.542. The van der Waals surface area contributed by atoms with Crippen LogP contribution in [0, 0.1) is 16.7 Å². The van der Waals surface area contributed by atoms with Crippen LogP contribution >= 0.6 is 0 Å². The number of Topliss-reactive ketones (excluding diaryl/α,β-unsaturated/α-hetero) is 1. The lowest BCUT2D eigenvalue weighted by atomic mass is 9.69. The van der Waals surface area contributed by atoms with Gasteiger partial charge in [0.2, 0.25) is 5.91 Å². The number of nitriles is 1. The minimum absolute atomic E-state index is 0.0236. The number of carbonyl (C=O) groups excluding carboxylic acids is 2. The zero-order valence-electron chi connectivity index (χ0n) is 16.6. The van der Waals surface area contributed by atoms with E-state index in [2.05, 4.69) is 16.8 Å². The Morgan fingerprint density at radius 2 is 1.93 bits per heavy atom. The van der Waals surface area contributed by atoms with E-state index in [-0.39, 0.29) is 28.5 Å². The van der Waals surface area contributed by atoms with E-state index >= 15 is 0 Å². The number of amides is 1. The maximum atomic E-state index is 13.2. The molecule has 1 heterocycles. The number of hydrogen-bond donors (Lipinski definition) is 3. The Labute approximate surface area is 164 Å². The summed E-state index contributed by atoms with van der Waals surface area (Å²) < 4.78 is 0. The van der Waals surface area contributed by atoms with E-state index in [4.69, 9.17) is 5.73 Å². The van der Waals surface area contributed by atoms with Crippen molar-refractivity contribution in [3.63, 3.8) is 0 Å². The third-order valence-electron chi connectivity index (χ3n) is 5.18. The quantitative estimate of drug-likeness (QED) is 0.744. The molecule has 2 aliphatic rings. The number of rotatable bonds is 3. The second-order valence-corrected chi connectivity index (χ2v) is 8.02. The summed E-state index contributed by atoms with van der Waals surface area (Å²) in [5, 5.41) is 14.3. The molecular formula is C21H25N5O2. The highest BCUT2D eigenvalue weighted by atomic mass is 16.2. The summed E-state index contributed by atoms with van der Waals surface area (Å²) in [5.74, 6) is -0.728. The van der Waals surface area contributed by atoms with Crippen LogP contribution in [-0.4, -0.2) is 23.7 Å². The van der Waals surface area contributed by atoms with Crippen molar-refractivity contribution < 1.29 is 9.59 Å². The molecule has 7 heteroatoms. The Balaban J connectivity index is 2.23. The van der Waals surface area contributed by atoms with Gasteiger partial charge in [-0.05, 0) is 29.5 Å². The highest BCUT2D eigenvalue weighted by Crippen LogP contribution is 2.48. The molecule has 1 aromatic rings. The minimum Gasteiger partial charge on any atom is -0.388 e. The van der Waals surface area contributed by atoms with Gasteiger partial charge in [0, 0.05) is 31.7 Å². The lowest BCUT2D eigenvalue weighted by molar-refractivity contribution is -0.123. The maximum absolute atomic E-state index is 13.2. The Morgan fingerprint density at radius 3 is 2.46 bits per heavy atom. The predicted molar refractivity (Wildman–Crippen MR) is 106 cm³/mol. The van der Waals surface area contributed by atoms with Gasteiger partial charge in [-0.2, -0.15) is 5.26 Å². The molecule has 1 unspecified atom stereocenters. The van der Waals surface area contributed by atoms with E-state index in [0.717, 1.165) is 11.3 Å². The second-order valence-electron chi connectivity index (χ2n) is 8.02. The number of anilines is 1. The second kappa shape index (κ2) is 7.04. The van der Waals surface area contributed by atoms with E-state index in [1.165, 1.54) is 11.9 Å². The number of nitrogens with two attached hydrogens (primary N) is 1. The molecule has 146 valence electrons. The van der Waals surface area contributed by atoms with Gasteiger partial charge in [-0.1, -0.05) is 26.0 Å². The molecule has 7 nitrogen and oxygen atoms in total. The molecule has 0 spiro atoms. The number of nitrogens with one attached hydrogen (secondary N) is 2. The van der Waals surface area contributed by atoms with Gasteiger partial charge in [-0.25, -0.2) is 5.01 Å². The summed E-state index contributed by atoms with van der Waals surface area (Å²) in [6.07, 6.45) is 0.947. The molecule has 0 saturated carbocycles. The highest BCUT2D eigenvalue weighted by Gasteiger charge is 2.44. The SMILES string of the molecule is CNc1ccc(C2C(C#N)=C(N)N(NC(C)=O)C3=C2C(=O)CC(C)(C)C3)cc1. The highest BCUT2D eigenvalue weighted by molar-refractivity contribution is 6.00. The van der Waals surface area contributed by atoms with Crippen molar-refractivity contribution in [1.82, 2.24) is 10.4 Å². The van der Waals surface area contributed by atoms with Crippen molar-refractivity contribution in [2.45, 2.75) is 39.5 Å². The summed E-state index contributed by atoms with van der Waals surface area (Å²) in [4.78, 5) is 24.9. The number of hydrogen-bond acceptors (Lipinski definition) is 6. The molecule has 3 rings (SSSR count). The first-order valence-electron chi connectivity index (χ1n) is 9.19. The van der Waals surface area contributed by atoms with Crippen molar-refractivity contribution in [3.8, 4) is 6.07 Å². The third kappa shape index (κ3) is 3.33. The number of nitrogens with zero attached hydrogens (tertiary/aromatic N) is 2. The summed E-state index contributed by atoms with van der Waals surface area (Å²) >= 11 is 0. The predicted octanol–water partition coefficient (Wildman–Crippen LogP) is 2.52. The van der Waals surface area contributed by atoms with Gasteiger partial charge < -0.3 is 11.1 Å². The van der Waals surface area contributed by atoms with Crippen molar-refractivity contribution in [2.24, 2.45) is 11.1 Å². The molecule has 1 aliphatic carbocycles. The average molecular weight is 379 g/mol. The van der Waals surface area contributed by atoms with Crippen LogP contribution in [0.25, 0.3) is 0 Å². The van der Waals surface area contributed by atoms with Crippen molar-refractivity contribution in [3.05, 3.63) is 52.5 Å². The van der Waals surface area contributed by atoms with Gasteiger partial charge in [0.25, 0.3) is 0 Å². The molecule has 1 amide bonds. The summed E-state index contributed by atoms with van der Waals surface area (Å²) in [6.45, 7) is 5.39. The molecule has 4 N–H and O–H groups in total.